The first-order chi connectivity index (χ1) is 9.78. The Balaban J connectivity index is 2.03. The molecule has 0 aliphatic heterocycles. The first-order valence-electron chi connectivity index (χ1n) is 8.21. The zero-order chi connectivity index (χ0) is 14.4. The van der Waals surface area contributed by atoms with Gasteiger partial charge in [-0.1, -0.05) is 39.2 Å². The van der Waals surface area contributed by atoms with E-state index in [1.54, 1.807) is 7.11 Å². The van der Waals surface area contributed by atoms with Gasteiger partial charge in [0.2, 0.25) is 0 Å². The molecule has 112 valence electrons. The Hall–Kier alpha value is -1.02. The summed E-state index contributed by atoms with van der Waals surface area (Å²) in [5, 5.41) is 3.90. The number of rotatable bonds is 8. The van der Waals surface area contributed by atoms with Crippen LogP contribution in [0.25, 0.3) is 0 Å². The van der Waals surface area contributed by atoms with Crippen LogP contribution in [-0.2, 0) is 6.42 Å². The molecule has 2 nitrogen and oxygen atoms in total. The molecule has 20 heavy (non-hydrogen) atoms. The highest BCUT2D eigenvalue weighted by molar-refractivity contribution is 5.40. The van der Waals surface area contributed by atoms with Crippen LogP contribution in [0.3, 0.4) is 0 Å². The second-order valence-corrected chi connectivity index (χ2v) is 5.95. The predicted octanol–water partition coefficient (Wildman–Crippen LogP) is 4.63. The number of hydrogen-bond acceptors (Lipinski definition) is 2. The number of benzene rings is 1. The SMILES string of the molecule is CCCCC(CCC)NC1CCc2ccc(OC)cc21. The number of hydrogen-bond donors (Lipinski definition) is 1. The second kappa shape index (κ2) is 7.68. The van der Waals surface area contributed by atoms with Crippen molar-refractivity contribution in [3.05, 3.63) is 29.3 Å². The van der Waals surface area contributed by atoms with Crippen LogP contribution < -0.4 is 10.1 Å². The van der Waals surface area contributed by atoms with Crippen molar-refractivity contribution < 1.29 is 4.74 Å². The van der Waals surface area contributed by atoms with E-state index in [9.17, 15) is 0 Å². The van der Waals surface area contributed by atoms with Crippen LogP contribution in [0.4, 0.5) is 0 Å². The topological polar surface area (TPSA) is 21.3 Å². The molecule has 1 aliphatic carbocycles. The van der Waals surface area contributed by atoms with E-state index in [4.69, 9.17) is 4.74 Å². The molecule has 1 N–H and O–H groups in total. The van der Waals surface area contributed by atoms with Crippen LogP contribution in [0.1, 0.15) is 69.5 Å². The van der Waals surface area contributed by atoms with E-state index in [2.05, 4.69) is 37.4 Å². The highest BCUT2D eigenvalue weighted by Crippen LogP contribution is 2.34. The third-order valence-electron chi connectivity index (χ3n) is 4.41. The smallest absolute Gasteiger partial charge is 0.119 e. The minimum atomic E-state index is 0.522. The fourth-order valence-corrected chi connectivity index (χ4v) is 3.28. The van der Waals surface area contributed by atoms with Crippen LogP contribution in [0.5, 0.6) is 5.75 Å². The van der Waals surface area contributed by atoms with E-state index < -0.39 is 0 Å². The van der Waals surface area contributed by atoms with Gasteiger partial charge in [0, 0.05) is 12.1 Å². The van der Waals surface area contributed by atoms with Crippen molar-refractivity contribution in [1.29, 1.82) is 0 Å². The zero-order valence-corrected chi connectivity index (χ0v) is 13.2. The van der Waals surface area contributed by atoms with Crippen molar-refractivity contribution in [3.8, 4) is 5.75 Å². The maximum atomic E-state index is 5.38. The number of fused-ring (bicyclic) bond motifs is 1. The van der Waals surface area contributed by atoms with Gasteiger partial charge >= 0.3 is 0 Å². The van der Waals surface area contributed by atoms with Gasteiger partial charge in [-0.2, -0.15) is 0 Å². The third-order valence-corrected chi connectivity index (χ3v) is 4.41. The Morgan fingerprint density at radius 2 is 2.10 bits per heavy atom. The third kappa shape index (κ3) is 3.76. The molecular weight excluding hydrogens is 246 g/mol. The molecule has 0 saturated heterocycles. The van der Waals surface area contributed by atoms with Crippen LogP contribution in [0.2, 0.25) is 0 Å². The predicted molar refractivity (Wildman–Crippen MR) is 85.4 cm³/mol. The van der Waals surface area contributed by atoms with Crippen LogP contribution in [0.15, 0.2) is 18.2 Å². The molecule has 1 aromatic rings. The van der Waals surface area contributed by atoms with Gasteiger partial charge in [0.1, 0.15) is 5.75 Å². The van der Waals surface area contributed by atoms with E-state index in [0.717, 1.165) is 5.75 Å². The molecule has 2 rings (SSSR count). The first-order valence-corrected chi connectivity index (χ1v) is 8.21. The van der Waals surface area contributed by atoms with Gasteiger partial charge in [0.15, 0.2) is 0 Å². The monoisotopic (exact) mass is 275 g/mol. The van der Waals surface area contributed by atoms with Gasteiger partial charge in [-0.05, 0) is 48.9 Å². The molecule has 0 bridgehead atoms. The molecule has 1 aromatic carbocycles. The summed E-state index contributed by atoms with van der Waals surface area (Å²) in [7, 11) is 1.75. The Morgan fingerprint density at radius 3 is 2.80 bits per heavy atom. The van der Waals surface area contributed by atoms with E-state index in [1.807, 2.05) is 0 Å². The van der Waals surface area contributed by atoms with Crippen LogP contribution in [0, 0.1) is 0 Å². The lowest BCUT2D eigenvalue weighted by Gasteiger charge is -2.23. The summed E-state index contributed by atoms with van der Waals surface area (Å²) in [5.74, 6) is 0.984. The summed E-state index contributed by atoms with van der Waals surface area (Å²) in [4.78, 5) is 0. The van der Waals surface area contributed by atoms with Crippen molar-refractivity contribution in [3.63, 3.8) is 0 Å². The molecule has 0 heterocycles. The number of aryl methyl sites for hydroxylation is 1. The van der Waals surface area contributed by atoms with E-state index >= 15 is 0 Å². The summed E-state index contributed by atoms with van der Waals surface area (Å²) in [5.41, 5.74) is 2.95. The normalized spacial score (nSPS) is 18.9. The zero-order valence-electron chi connectivity index (χ0n) is 13.2. The second-order valence-electron chi connectivity index (χ2n) is 5.95. The summed E-state index contributed by atoms with van der Waals surface area (Å²) < 4.78 is 5.38. The maximum Gasteiger partial charge on any atom is 0.119 e. The molecule has 2 heteroatoms. The van der Waals surface area contributed by atoms with Gasteiger partial charge in [-0.3, -0.25) is 0 Å². The number of methoxy groups -OCH3 is 1. The molecule has 0 radical (unpaired) electrons. The molecule has 0 fully saturated rings. The molecule has 0 saturated carbocycles. The van der Waals surface area contributed by atoms with Gasteiger partial charge in [-0.15, -0.1) is 0 Å². The number of ether oxygens (including phenoxy) is 1. The van der Waals surface area contributed by atoms with Crippen molar-refractivity contribution in [2.24, 2.45) is 0 Å². The Kier molecular flexibility index (Phi) is 5.90. The molecule has 2 unspecified atom stereocenters. The lowest BCUT2D eigenvalue weighted by molar-refractivity contribution is 0.379. The molecule has 0 amide bonds. The lowest BCUT2D eigenvalue weighted by atomic mass is 10.0. The van der Waals surface area contributed by atoms with Crippen molar-refractivity contribution in [1.82, 2.24) is 5.32 Å². The minimum absolute atomic E-state index is 0.522. The van der Waals surface area contributed by atoms with Gasteiger partial charge in [0.25, 0.3) is 0 Å². The largest absolute Gasteiger partial charge is 0.497 e. The molecule has 1 aliphatic rings. The summed E-state index contributed by atoms with van der Waals surface area (Å²) in [6.45, 7) is 4.56. The Morgan fingerprint density at radius 1 is 1.25 bits per heavy atom. The maximum absolute atomic E-state index is 5.38. The lowest BCUT2D eigenvalue weighted by Crippen LogP contribution is -2.31. The van der Waals surface area contributed by atoms with Crippen LogP contribution >= 0.6 is 0 Å². The summed E-state index contributed by atoms with van der Waals surface area (Å²) in [6.07, 6.45) is 8.90. The Bertz CT molecular complexity index is 416. The average molecular weight is 275 g/mol. The standard InChI is InChI=1S/C18H29NO/c1-4-6-8-15(7-5-2)19-18-12-10-14-9-11-16(20-3)13-17(14)18/h9,11,13,15,18-19H,4-8,10,12H2,1-3H3. The van der Waals surface area contributed by atoms with E-state index in [1.165, 1.54) is 56.1 Å². The molecule has 2 atom stereocenters. The fraction of sp³-hybridized carbons (Fsp3) is 0.667. The van der Waals surface area contributed by atoms with Gasteiger partial charge < -0.3 is 10.1 Å². The first kappa shape index (κ1) is 15.4. The molecule has 0 spiro atoms. The quantitative estimate of drug-likeness (QED) is 0.747. The van der Waals surface area contributed by atoms with Crippen molar-refractivity contribution in [2.75, 3.05) is 7.11 Å². The van der Waals surface area contributed by atoms with Gasteiger partial charge in [0.05, 0.1) is 7.11 Å². The summed E-state index contributed by atoms with van der Waals surface area (Å²) >= 11 is 0. The highest BCUT2D eigenvalue weighted by Gasteiger charge is 2.24. The minimum Gasteiger partial charge on any atom is -0.497 e. The van der Waals surface area contributed by atoms with E-state index in [-0.39, 0.29) is 0 Å². The highest BCUT2D eigenvalue weighted by atomic mass is 16.5. The average Bonchev–Trinajstić information content (AvgIpc) is 2.87. The molecule has 0 aromatic heterocycles. The van der Waals surface area contributed by atoms with Crippen LogP contribution in [-0.4, -0.2) is 13.2 Å². The van der Waals surface area contributed by atoms with Crippen molar-refractivity contribution in [2.45, 2.75) is 70.9 Å². The Labute approximate surface area is 123 Å². The fourth-order valence-electron chi connectivity index (χ4n) is 3.28. The van der Waals surface area contributed by atoms with Gasteiger partial charge in [-0.25, -0.2) is 0 Å². The summed E-state index contributed by atoms with van der Waals surface area (Å²) in [6, 6.07) is 7.73. The molecular formula is C18H29NO. The van der Waals surface area contributed by atoms with E-state index in [0.29, 0.717) is 12.1 Å². The number of unbranched alkanes of at least 4 members (excludes halogenated alkanes) is 1. The van der Waals surface area contributed by atoms with Crippen molar-refractivity contribution >= 4 is 0 Å². The number of nitrogens with one attached hydrogen (secondary N) is 1.